The van der Waals surface area contributed by atoms with Gasteiger partial charge < -0.3 is 20.9 Å². The van der Waals surface area contributed by atoms with Gasteiger partial charge in [0.15, 0.2) is 0 Å². The number of amides is 2. The fourth-order valence-corrected chi connectivity index (χ4v) is 4.03. The Bertz CT molecular complexity index is 576. The number of benzene rings is 1. The number of hydrogen-bond donors (Lipinski definition) is 3. The van der Waals surface area contributed by atoms with Gasteiger partial charge in [0.2, 0.25) is 11.8 Å². The van der Waals surface area contributed by atoms with Gasteiger partial charge in [0.25, 0.3) is 0 Å². The van der Waals surface area contributed by atoms with Gasteiger partial charge in [-0.25, -0.2) is 0 Å². The Morgan fingerprint density at radius 1 is 0.867 bits per heavy atom. The first-order valence-corrected chi connectivity index (χ1v) is 10.8. The number of nitrogens with zero attached hydrogens (tertiary/aromatic N) is 1. The average molecular weight is 459 g/mol. The number of anilines is 2. The van der Waals surface area contributed by atoms with Crippen molar-refractivity contribution in [2.24, 2.45) is 5.92 Å². The molecule has 2 amide bonds. The number of carbonyl (C=O) groups excluding carboxylic acids is 2. The predicted octanol–water partition coefficient (Wildman–Crippen LogP) is 4.06. The maximum absolute atomic E-state index is 12.2. The lowest BCUT2D eigenvalue weighted by atomic mass is 9.93. The van der Waals surface area contributed by atoms with E-state index in [2.05, 4.69) is 20.9 Å². The molecule has 0 aliphatic carbocycles. The molecule has 8 heteroatoms. The van der Waals surface area contributed by atoms with Crippen LogP contribution >= 0.6 is 24.8 Å². The maximum atomic E-state index is 12.2. The van der Waals surface area contributed by atoms with Gasteiger partial charge in [-0.1, -0.05) is 6.42 Å². The second-order valence-electron chi connectivity index (χ2n) is 8.06. The van der Waals surface area contributed by atoms with Gasteiger partial charge in [-0.2, -0.15) is 0 Å². The molecule has 2 fully saturated rings. The summed E-state index contributed by atoms with van der Waals surface area (Å²) in [5, 5.41) is 9.25. The van der Waals surface area contributed by atoms with Crippen LogP contribution in [-0.2, 0) is 9.59 Å². The molecule has 1 aromatic rings. The second-order valence-corrected chi connectivity index (χ2v) is 8.06. The number of carbonyl (C=O) groups is 2. The van der Waals surface area contributed by atoms with E-state index in [9.17, 15) is 9.59 Å². The fraction of sp³-hybridized carbons (Fsp3) is 0.636. The van der Waals surface area contributed by atoms with E-state index >= 15 is 0 Å². The van der Waals surface area contributed by atoms with Crippen molar-refractivity contribution < 1.29 is 9.59 Å². The van der Waals surface area contributed by atoms with Crippen molar-refractivity contribution in [2.45, 2.75) is 51.4 Å². The first-order valence-electron chi connectivity index (χ1n) is 10.8. The summed E-state index contributed by atoms with van der Waals surface area (Å²) in [5.41, 5.74) is 1.55. The molecule has 3 rings (SSSR count). The molecule has 0 radical (unpaired) electrons. The van der Waals surface area contributed by atoms with Crippen LogP contribution in [0.4, 0.5) is 11.4 Å². The SMILES string of the molecule is Cl.Cl.O=C(CCC1CCNCC1)Nc1ccc(NC(=O)CCN2CCCCC2)cc1. The van der Waals surface area contributed by atoms with E-state index in [0.29, 0.717) is 18.8 Å². The molecular weight excluding hydrogens is 423 g/mol. The van der Waals surface area contributed by atoms with Crippen LogP contribution in [0.15, 0.2) is 24.3 Å². The number of halogens is 2. The highest BCUT2D eigenvalue weighted by molar-refractivity contribution is 5.93. The van der Waals surface area contributed by atoms with Gasteiger partial charge in [0.1, 0.15) is 0 Å². The maximum Gasteiger partial charge on any atom is 0.225 e. The lowest BCUT2D eigenvalue weighted by Crippen LogP contribution is -2.32. The third-order valence-electron chi connectivity index (χ3n) is 5.79. The summed E-state index contributed by atoms with van der Waals surface area (Å²) < 4.78 is 0. The van der Waals surface area contributed by atoms with Crippen LogP contribution in [0, 0.1) is 5.92 Å². The monoisotopic (exact) mass is 458 g/mol. The zero-order valence-electron chi connectivity index (χ0n) is 17.7. The van der Waals surface area contributed by atoms with Gasteiger partial charge >= 0.3 is 0 Å². The molecule has 0 unspecified atom stereocenters. The largest absolute Gasteiger partial charge is 0.326 e. The summed E-state index contributed by atoms with van der Waals surface area (Å²) in [6.07, 6.45) is 8.18. The Morgan fingerprint density at radius 3 is 1.97 bits per heavy atom. The molecule has 2 saturated heterocycles. The van der Waals surface area contributed by atoms with E-state index in [-0.39, 0.29) is 36.6 Å². The standard InChI is InChI=1S/C22H34N4O2.2ClH/c27-21(9-4-18-10-13-23-14-11-18)24-19-5-7-20(8-6-19)25-22(28)12-17-26-15-2-1-3-16-26;;/h5-8,18,23H,1-4,9-17H2,(H,24,27)(H,25,28);2*1H. The molecule has 2 heterocycles. The number of rotatable bonds is 8. The zero-order valence-corrected chi connectivity index (χ0v) is 19.3. The summed E-state index contributed by atoms with van der Waals surface area (Å²) >= 11 is 0. The molecule has 170 valence electrons. The number of hydrogen-bond acceptors (Lipinski definition) is 4. The van der Waals surface area contributed by atoms with Crippen LogP contribution in [0.25, 0.3) is 0 Å². The third kappa shape index (κ3) is 9.65. The van der Waals surface area contributed by atoms with Crippen LogP contribution in [0.2, 0.25) is 0 Å². The summed E-state index contributed by atoms with van der Waals surface area (Å²) in [5.74, 6) is 0.774. The van der Waals surface area contributed by atoms with Crippen LogP contribution in [0.1, 0.15) is 51.4 Å². The molecule has 30 heavy (non-hydrogen) atoms. The first-order chi connectivity index (χ1) is 13.7. The Kier molecular flexibility index (Phi) is 13.0. The van der Waals surface area contributed by atoms with Crippen molar-refractivity contribution in [3.8, 4) is 0 Å². The van der Waals surface area contributed by atoms with E-state index in [1.54, 1.807) is 0 Å². The van der Waals surface area contributed by atoms with E-state index in [0.717, 1.165) is 50.5 Å². The molecule has 6 nitrogen and oxygen atoms in total. The summed E-state index contributed by atoms with van der Waals surface area (Å²) in [4.78, 5) is 26.7. The lowest BCUT2D eigenvalue weighted by molar-refractivity contribution is -0.117. The predicted molar refractivity (Wildman–Crippen MR) is 128 cm³/mol. The van der Waals surface area contributed by atoms with Crippen molar-refractivity contribution in [3.05, 3.63) is 24.3 Å². The van der Waals surface area contributed by atoms with Crippen molar-refractivity contribution in [3.63, 3.8) is 0 Å². The highest BCUT2D eigenvalue weighted by Gasteiger charge is 2.15. The van der Waals surface area contributed by atoms with Crippen molar-refractivity contribution in [1.29, 1.82) is 0 Å². The van der Waals surface area contributed by atoms with Gasteiger partial charge in [-0.05, 0) is 88.5 Å². The molecule has 0 aromatic heterocycles. The molecule has 2 aliphatic rings. The van der Waals surface area contributed by atoms with E-state index < -0.39 is 0 Å². The smallest absolute Gasteiger partial charge is 0.225 e. The Labute approximate surface area is 192 Å². The molecular formula is C22H36Cl2N4O2. The minimum absolute atomic E-state index is 0. The van der Waals surface area contributed by atoms with Gasteiger partial charge in [0, 0.05) is 30.8 Å². The normalized spacial score (nSPS) is 17.3. The van der Waals surface area contributed by atoms with Crippen LogP contribution in [-0.4, -0.2) is 49.4 Å². The molecule has 1 aromatic carbocycles. The second kappa shape index (κ2) is 14.6. The molecule has 0 atom stereocenters. The minimum Gasteiger partial charge on any atom is -0.326 e. The highest BCUT2D eigenvalue weighted by Crippen LogP contribution is 2.19. The molecule has 0 saturated carbocycles. The van der Waals surface area contributed by atoms with Gasteiger partial charge in [0.05, 0.1) is 0 Å². The number of piperidine rings is 2. The quantitative estimate of drug-likeness (QED) is 0.548. The number of likely N-dealkylation sites (tertiary alicyclic amines) is 1. The summed E-state index contributed by atoms with van der Waals surface area (Å²) in [7, 11) is 0. The Balaban J connectivity index is 0.00000225. The molecule has 3 N–H and O–H groups in total. The number of nitrogens with one attached hydrogen (secondary N) is 3. The third-order valence-corrected chi connectivity index (χ3v) is 5.79. The Hall–Kier alpha value is -1.34. The van der Waals surface area contributed by atoms with Crippen molar-refractivity contribution >= 4 is 48.0 Å². The zero-order chi connectivity index (χ0) is 19.6. The van der Waals surface area contributed by atoms with Crippen molar-refractivity contribution in [1.82, 2.24) is 10.2 Å². The lowest BCUT2D eigenvalue weighted by Gasteiger charge is -2.25. The average Bonchev–Trinajstić information content (AvgIpc) is 2.74. The van der Waals surface area contributed by atoms with Crippen LogP contribution in [0.5, 0.6) is 0 Å². The first kappa shape index (κ1) is 26.7. The summed E-state index contributed by atoms with van der Waals surface area (Å²) in [6.45, 7) is 5.19. The van der Waals surface area contributed by atoms with E-state index in [4.69, 9.17) is 0 Å². The molecule has 2 aliphatic heterocycles. The summed E-state index contributed by atoms with van der Waals surface area (Å²) in [6, 6.07) is 7.40. The highest BCUT2D eigenvalue weighted by atomic mass is 35.5. The van der Waals surface area contributed by atoms with Gasteiger partial charge in [-0.15, -0.1) is 24.8 Å². The molecule has 0 bridgehead atoms. The van der Waals surface area contributed by atoms with E-state index in [1.165, 1.54) is 32.1 Å². The van der Waals surface area contributed by atoms with Gasteiger partial charge in [-0.3, -0.25) is 9.59 Å². The minimum atomic E-state index is 0. The van der Waals surface area contributed by atoms with E-state index in [1.807, 2.05) is 24.3 Å². The fourth-order valence-electron chi connectivity index (χ4n) is 4.03. The van der Waals surface area contributed by atoms with Crippen molar-refractivity contribution in [2.75, 3.05) is 43.4 Å². The van der Waals surface area contributed by atoms with Crippen LogP contribution in [0.3, 0.4) is 0 Å². The molecule has 0 spiro atoms. The Morgan fingerprint density at radius 2 is 1.40 bits per heavy atom. The van der Waals surface area contributed by atoms with Crippen LogP contribution < -0.4 is 16.0 Å². The topological polar surface area (TPSA) is 73.5 Å².